The Bertz CT molecular complexity index is 916. The molecule has 27 heavy (non-hydrogen) atoms. The molecule has 0 aliphatic carbocycles. The molecule has 1 aromatic carbocycles. The average Bonchev–Trinajstić information content (AvgIpc) is 2.67. The fourth-order valence-electron chi connectivity index (χ4n) is 3.03. The highest BCUT2D eigenvalue weighted by Gasteiger charge is 2.28. The van der Waals surface area contributed by atoms with Crippen LogP contribution in [0.3, 0.4) is 0 Å². The second-order valence-corrected chi connectivity index (χ2v) is 6.69. The summed E-state index contributed by atoms with van der Waals surface area (Å²) in [6.07, 6.45) is 2.29. The Morgan fingerprint density at radius 3 is 2.37 bits per heavy atom. The number of amides is 2. The Balaban J connectivity index is 1.71. The lowest BCUT2D eigenvalue weighted by molar-refractivity contribution is 0.0532. The second kappa shape index (κ2) is 7.92. The molecule has 0 spiro atoms. The minimum absolute atomic E-state index is 0.0569. The van der Waals surface area contributed by atoms with Crippen LogP contribution in [0.1, 0.15) is 33.2 Å². The number of H-pyrrole nitrogens is 1. The molecule has 0 bridgehead atoms. The molecular formula is C19H19ClFN3O3. The fourth-order valence-corrected chi connectivity index (χ4v) is 3.28. The molecule has 1 aromatic heterocycles. The number of aromatic amines is 1. The van der Waals surface area contributed by atoms with Crippen LogP contribution < -0.4 is 5.56 Å². The topological polar surface area (TPSA) is 73.5 Å². The van der Waals surface area contributed by atoms with Crippen LogP contribution >= 0.6 is 11.6 Å². The Labute approximate surface area is 160 Å². The highest BCUT2D eigenvalue weighted by atomic mass is 35.5. The number of aromatic nitrogens is 1. The molecule has 6 nitrogen and oxygen atoms in total. The molecule has 0 saturated carbocycles. The Hall–Kier alpha value is -2.67. The third-order valence-corrected chi connectivity index (χ3v) is 4.95. The van der Waals surface area contributed by atoms with Crippen molar-refractivity contribution in [3.05, 3.63) is 68.3 Å². The van der Waals surface area contributed by atoms with Gasteiger partial charge in [0.1, 0.15) is 11.4 Å². The van der Waals surface area contributed by atoms with E-state index in [0.29, 0.717) is 6.42 Å². The van der Waals surface area contributed by atoms with Gasteiger partial charge in [-0.3, -0.25) is 14.4 Å². The summed E-state index contributed by atoms with van der Waals surface area (Å²) in [6.45, 7) is 2.92. The van der Waals surface area contributed by atoms with Crippen LogP contribution in [0, 0.1) is 5.82 Å². The minimum atomic E-state index is -0.672. The van der Waals surface area contributed by atoms with E-state index in [1.807, 2.05) is 6.92 Å². The van der Waals surface area contributed by atoms with E-state index in [4.69, 9.17) is 11.6 Å². The van der Waals surface area contributed by atoms with Crippen molar-refractivity contribution >= 4 is 23.4 Å². The molecule has 0 unspecified atom stereocenters. The van der Waals surface area contributed by atoms with Crippen LogP contribution in [0.2, 0.25) is 5.02 Å². The second-order valence-electron chi connectivity index (χ2n) is 6.29. The minimum Gasteiger partial charge on any atom is -0.335 e. The fraction of sp³-hybridized carbons (Fsp3) is 0.316. The van der Waals surface area contributed by atoms with Crippen LogP contribution in [0.5, 0.6) is 0 Å². The number of aryl methyl sites for hydroxylation is 1. The summed E-state index contributed by atoms with van der Waals surface area (Å²) in [5, 5.41) is 0.0569. The maximum absolute atomic E-state index is 14.0. The third kappa shape index (κ3) is 3.88. The number of nitrogens with one attached hydrogen (secondary N) is 1. The summed E-state index contributed by atoms with van der Waals surface area (Å²) in [5.74, 6) is -1.55. The van der Waals surface area contributed by atoms with Crippen molar-refractivity contribution in [3.8, 4) is 0 Å². The summed E-state index contributed by atoms with van der Waals surface area (Å²) in [7, 11) is 0. The van der Waals surface area contributed by atoms with Crippen LogP contribution in [0.4, 0.5) is 4.39 Å². The standard InChI is InChI=1S/C19H19ClFN3O3/c1-2-12-10-13(17(25)22-11-12)18(26)23-6-8-24(9-7-23)19(27)16-14(20)4-3-5-15(16)21/h3-5,10-11H,2,6-9H2,1H3,(H,22,25). The number of hydrogen-bond donors (Lipinski definition) is 1. The summed E-state index contributed by atoms with van der Waals surface area (Å²) in [5.41, 5.74) is 0.354. The predicted octanol–water partition coefficient (Wildman–Crippen LogP) is 2.33. The van der Waals surface area contributed by atoms with Crippen molar-refractivity contribution in [2.24, 2.45) is 0 Å². The van der Waals surface area contributed by atoms with Gasteiger partial charge in [-0.15, -0.1) is 0 Å². The van der Waals surface area contributed by atoms with E-state index < -0.39 is 17.3 Å². The number of nitrogens with zero attached hydrogens (tertiary/aromatic N) is 2. The number of benzene rings is 1. The highest BCUT2D eigenvalue weighted by molar-refractivity contribution is 6.33. The molecule has 3 rings (SSSR count). The highest BCUT2D eigenvalue weighted by Crippen LogP contribution is 2.21. The van der Waals surface area contributed by atoms with Crippen LogP contribution in [0.15, 0.2) is 35.3 Å². The SMILES string of the molecule is CCc1c[nH]c(=O)c(C(=O)N2CCN(C(=O)c3c(F)cccc3Cl)CC2)c1. The smallest absolute Gasteiger partial charge is 0.260 e. The van der Waals surface area contributed by atoms with Gasteiger partial charge in [0.05, 0.1) is 10.6 Å². The van der Waals surface area contributed by atoms with E-state index in [2.05, 4.69) is 4.98 Å². The molecule has 2 aromatic rings. The maximum Gasteiger partial charge on any atom is 0.260 e. The Morgan fingerprint density at radius 1 is 1.15 bits per heavy atom. The zero-order valence-electron chi connectivity index (χ0n) is 14.8. The number of hydrogen-bond acceptors (Lipinski definition) is 3. The monoisotopic (exact) mass is 391 g/mol. The maximum atomic E-state index is 14.0. The van der Waals surface area contributed by atoms with Crippen molar-refractivity contribution < 1.29 is 14.0 Å². The number of pyridine rings is 1. The van der Waals surface area contributed by atoms with E-state index in [1.54, 1.807) is 12.3 Å². The van der Waals surface area contributed by atoms with Gasteiger partial charge in [0, 0.05) is 32.4 Å². The van der Waals surface area contributed by atoms with Gasteiger partial charge in [-0.05, 0) is 30.2 Å². The molecule has 1 aliphatic rings. The first kappa shape index (κ1) is 19.1. The van der Waals surface area contributed by atoms with Gasteiger partial charge in [-0.25, -0.2) is 4.39 Å². The van der Waals surface area contributed by atoms with E-state index in [9.17, 15) is 18.8 Å². The van der Waals surface area contributed by atoms with Crippen molar-refractivity contribution in [1.29, 1.82) is 0 Å². The van der Waals surface area contributed by atoms with E-state index in [1.165, 1.54) is 28.0 Å². The number of halogens is 2. The summed E-state index contributed by atoms with van der Waals surface area (Å²) in [6, 6.07) is 5.68. The molecule has 0 atom stereocenters. The van der Waals surface area contributed by atoms with Crippen molar-refractivity contribution in [2.45, 2.75) is 13.3 Å². The quantitative estimate of drug-likeness (QED) is 0.872. The van der Waals surface area contributed by atoms with Gasteiger partial charge in [0.15, 0.2) is 0 Å². The molecule has 0 radical (unpaired) electrons. The van der Waals surface area contributed by atoms with E-state index in [0.717, 1.165) is 5.56 Å². The number of rotatable bonds is 3. The van der Waals surface area contributed by atoms with Crippen LogP contribution in [-0.2, 0) is 6.42 Å². The van der Waals surface area contributed by atoms with Crippen molar-refractivity contribution in [3.63, 3.8) is 0 Å². The lowest BCUT2D eigenvalue weighted by Gasteiger charge is -2.35. The molecule has 8 heteroatoms. The van der Waals surface area contributed by atoms with Crippen molar-refractivity contribution in [2.75, 3.05) is 26.2 Å². The van der Waals surface area contributed by atoms with Gasteiger partial charge in [0.25, 0.3) is 17.4 Å². The summed E-state index contributed by atoms with van der Waals surface area (Å²) < 4.78 is 14.0. The lowest BCUT2D eigenvalue weighted by Crippen LogP contribution is -2.51. The van der Waals surface area contributed by atoms with Gasteiger partial charge < -0.3 is 14.8 Å². The number of piperazine rings is 1. The molecule has 2 heterocycles. The van der Waals surface area contributed by atoms with E-state index in [-0.39, 0.29) is 48.2 Å². The molecule has 2 amide bonds. The normalized spacial score (nSPS) is 14.3. The molecule has 1 N–H and O–H groups in total. The first-order valence-electron chi connectivity index (χ1n) is 8.66. The van der Waals surface area contributed by atoms with Gasteiger partial charge >= 0.3 is 0 Å². The van der Waals surface area contributed by atoms with Gasteiger partial charge in [0.2, 0.25) is 0 Å². The first-order valence-corrected chi connectivity index (χ1v) is 9.04. The average molecular weight is 392 g/mol. The molecule has 1 aliphatic heterocycles. The van der Waals surface area contributed by atoms with Gasteiger partial charge in [-0.2, -0.15) is 0 Å². The summed E-state index contributed by atoms with van der Waals surface area (Å²) >= 11 is 5.96. The van der Waals surface area contributed by atoms with Crippen LogP contribution in [0.25, 0.3) is 0 Å². The van der Waals surface area contributed by atoms with Gasteiger partial charge in [-0.1, -0.05) is 24.6 Å². The lowest BCUT2D eigenvalue weighted by atomic mass is 10.1. The largest absolute Gasteiger partial charge is 0.335 e. The third-order valence-electron chi connectivity index (χ3n) is 4.63. The molecule has 142 valence electrons. The van der Waals surface area contributed by atoms with Crippen molar-refractivity contribution in [1.82, 2.24) is 14.8 Å². The molecular weight excluding hydrogens is 373 g/mol. The molecule has 1 fully saturated rings. The molecule has 1 saturated heterocycles. The Morgan fingerprint density at radius 2 is 1.78 bits per heavy atom. The first-order chi connectivity index (χ1) is 12.9. The number of carbonyl (C=O) groups excluding carboxylic acids is 2. The van der Waals surface area contributed by atoms with E-state index >= 15 is 0 Å². The zero-order chi connectivity index (χ0) is 19.6. The predicted molar refractivity (Wildman–Crippen MR) is 99.7 cm³/mol. The zero-order valence-corrected chi connectivity index (χ0v) is 15.6. The number of carbonyl (C=O) groups is 2. The van der Waals surface area contributed by atoms with Crippen LogP contribution in [-0.4, -0.2) is 52.8 Å². The summed E-state index contributed by atoms with van der Waals surface area (Å²) in [4.78, 5) is 42.8. The Kier molecular flexibility index (Phi) is 5.60.